The number of para-hydroxylation sites is 1. The molecule has 0 unspecified atom stereocenters. The number of nitrogens with zero attached hydrogens (tertiary/aromatic N) is 4. The fraction of sp³-hybridized carbons (Fsp3) is 0.0755. The van der Waals surface area contributed by atoms with Crippen molar-refractivity contribution in [3.63, 3.8) is 0 Å². The van der Waals surface area contributed by atoms with Crippen molar-refractivity contribution in [2.45, 2.75) is 25.9 Å². The second-order valence-electron chi connectivity index (χ2n) is 14.9. The Labute approximate surface area is 369 Å². The van der Waals surface area contributed by atoms with Crippen LogP contribution in [0.25, 0.3) is 84.4 Å². The standard InChI is InChI=1S/C53H39N4O2.ClH.Zn/c1-34-51-49(38-22-12-5-13-23-38)44-31-29-42(55-44)47(36-18-8-3-9-19-36)41-28-30-43(54-41)48(37-20-10-4-11-21-37)45-32-33-46(57(45)40-26-16-7-17-27-40)50(39-24-14-6-15-25-39)52(56-51)53(34)59-35(2)58;;/h3-34,53H,1-2H3;1H;/q-1;;+2/p-1/t34-,53+;;/m0../s1. The zero-order valence-electron chi connectivity index (χ0n) is 33.7. The van der Waals surface area contributed by atoms with Crippen molar-refractivity contribution in [3.05, 3.63) is 199 Å². The summed E-state index contributed by atoms with van der Waals surface area (Å²) in [6, 6.07) is 60.3. The van der Waals surface area contributed by atoms with E-state index in [9.17, 15) is 4.79 Å². The van der Waals surface area contributed by atoms with Crippen LogP contribution >= 0.6 is 9.69 Å². The Morgan fingerprint density at radius 2 is 0.967 bits per heavy atom. The molecule has 6 nitrogen and oxygen atoms in total. The number of benzene rings is 5. The molecule has 10 rings (SSSR count). The van der Waals surface area contributed by atoms with Gasteiger partial charge in [-0.25, -0.2) is 4.98 Å². The minimum atomic E-state index is -0.688. The third-order valence-corrected chi connectivity index (χ3v) is 11.2. The molecule has 0 amide bonds. The Morgan fingerprint density at radius 3 is 1.49 bits per heavy atom. The molecule has 2 atom stereocenters. The molecule has 61 heavy (non-hydrogen) atoms. The number of aromatic nitrogens is 4. The molecular formula is C53H39ClN4O2Zn. The number of carbonyl (C=O) groups excluding carboxylic acids is 1. The van der Waals surface area contributed by atoms with Gasteiger partial charge in [-0.1, -0.05) is 159 Å². The number of halogens is 1. The Balaban J connectivity index is 0.00000235. The quantitative estimate of drug-likeness (QED) is 0.123. The Morgan fingerprint density at radius 1 is 0.541 bits per heavy atom. The van der Waals surface area contributed by atoms with Gasteiger partial charge < -0.3 is 14.3 Å². The van der Waals surface area contributed by atoms with Gasteiger partial charge in [0.1, 0.15) is 0 Å². The van der Waals surface area contributed by atoms with Crippen molar-refractivity contribution < 1.29 is 26.8 Å². The number of esters is 1. The van der Waals surface area contributed by atoms with Crippen molar-refractivity contribution >= 4 is 49.9 Å². The average molecular weight is 865 g/mol. The van der Waals surface area contributed by atoms with Crippen molar-refractivity contribution in [1.29, 1.82) is 0 Å². The molecule has 0 saturated carbocycles. The Bertz CT molecular complexity index is 3060. The predicted octanol–water partition coefficient (Wildman–Crippen LogP) is 13.3. The first-order valence-corrected chi connectivity index (χ1v) is 24.1. The first-order chi connectivity index (χ1) is 30.0. The van der Waals surface area contributed by atoms with E-state index >= 15 is 0 Å². The molecule has 8 heteroatoms. The number of ether oxygens (including phenoxy) is 1. The molecule has 0 radical (unpaired) electrons. The molecule has 3 aromatic heterocycles. The van der Waals surface area contributed by atoms with E-state index in [1.54, 1.807) is 0 Å². The van der Waals surface area contributed by atoms with Gasteiger partial charge in [-0.3, -0.25) is 9.78 Å². The monoisotopic (exact) mass is 862 g/mol. The fourth-order valence-corrected chi connectivity index (χ4v) is 8.58. The van der Waals surface area contributed by atoms with Gasteiger partial charge in [0.05, 0.1) is 33.8 Å². The van der Waals surface area contributed by atoms with Crippen molar-refractivity contribution in [2.24, 2.45) is 0 Å². The normalized spacial score (nSPS) is 14.2. The summed E-state index contributed by atoms with van der Waals surface area (Å²) >= 11 is 0.847. The summed E-state index contributed by atoms with van der Waals surface area (Å²) in [5.74, 6) is -0.691. The first-order valence-electron chi connectivity index (χ1n) is 20.2. The fourth-order valence-electron chi connectivity index (χ4n) is 8.58. The average Bonchev–Trinajstić information content (AvgIpc) is 4.13. The van der Waals surface area contributed by atoms with Gasteiger partial charge >= 0.3 is 33.0 Å². The second-order valence-corrected chi connectivity index (χ2v) is 14.9. The minimum absolute atomic E-state index is 0.318. The molecule has 0 spiro atoms. The topological polar surface area (TPSA) is 71.1 Å². The van der Waals surface area contributed by atoms with Gasteiger partial charge in [-0.2, -0.15) is 0 Å². The third kappa shape index (κ3) is 7.56. The van der Waals surface area contributed by atoms with Gasteiger partial charge in [0.15, 0.2) is 6.10 Å². The Kier molecular flexibility index (Phi) is 11.4. The van der Waals surface area contributed by atoms with E-state index in [-0.39, 0.29) is 11.9 Å². The zero-order chi connectivity index (χ0) is 41.9. The molecule has 8 bridgehead atoms. The van der Waals surface area contributed by atoms with Crippen LogP contribution in [0.3, 0.4) is 0 Å². The first kappa shape index (κ1) is 39.8. The van der Waals surface area contributed by atoms with Crippen molar-refractivity contribution in [2.75, 3.05) is 0 Å². The summed E-state index contributed by atoms with van der Waals surface area (Å²) in [4.78, 5) is 29.6. The van der Waals surface area contributed by atoms with E-state index in [2.05, 4.69) is 145 Å². The molecule has 0 aliphatic carbocycles. The summed E-state index contributed by atoms with van der Waals surface area (Å²) < 4.78 is 8.66. The molecular weight excluding hydrogens is 825 g/mol. The molecule has 5 aromatic carbocycles. The van der Waals surface area contributed by atoms with Gasteiger partial charge in [-0.15, -0.1) is 11.0 Å². The third-order valence-electron chi connectivity index (χ3n) is 11.2. The summed E-state index contributed by atoms with van der Waals surface area (Å²) in [5.41, 5.74) is 15.2. The predicted molar refractivity (Wildman–Crippen MR) is 244 cm³/mol. The number of hydrogen-bond acceptors (Lipinski definition) is 4. The summed E-state index contributed by atoms with van der Waals surface area (Å²) in [5, 5.41) is 0. The molecule has 0 N–H and O–H groups in total. The van der Waals surface area contributed by atoms with E-state index in [1.807, 2.05) is 54.6 Å². The number of hydrogen-bond donors (Lipinski definition) is 0. The molecule has 2 aliphatic heterocycles. The van der Waals surface area contributed by atoms with Gasteiger partial charge in [0.25, 0.3) is 0 Å². The van der Waals surface area contributed by atoms with Crippen LogP contribution in [-0.2, 0) is 26.8 Å². The van der Waals surface area contributed by atoms with Gasteiger partial charge in [0.2, 0.25) is 0 Å². The number of rotatable bonds is 6. The Hall–Kier alpha value is -6.66. The van der Waals surface area contributed by atoms with Crippen LogP contribution in [0.1, 0.15) is 48.6 Å². The maximum absolute atomic E-state index is 13.1. The zero-order valence-corrected chi connectivity index (χ0v) is 37.5. The summed E-state index contributed by atoms with van der Waals surface area (Å²) in [6.07, 6.45) is 3.54. The summed E-state index contributed by atoms with van der Waals surface area (Å²) in [6.45, 7) is 3.57. The number of fused-ring (bicyclic) bond motifs is 8. The van der Waals surface area contributed by atoms with Crippen molar-refractivity contribution in [1.82, 2.24) is 19.5 Å². The van der Waals surface area contributed by atoms with Crippen molar-refractivity contribution in [3.8, 4) is 50.2 Å². The van der Waals surface area contributed by atoms with Crippen LogP contribution < -0.4 is 4.98 Å². The van der Waals surface area contributed by atoms with E-state index < -0.39 is 6.10 Å². The van der Waals surface area contributed by atoms with Crippen LogP contribution in [-0.4, -0.2) is 20.5 Å². The molecule has 8 aromatic rings. The second kappa shape index (κ2) is 17.5. The SMILES string of the molecule is CC(=O)O[C@H]1c2nc(c(-c3ccccc3)c3ccc([n-]3)c(-c3ccccc3)c3nc(c(-c4ccccc4)c4ccc(c2-c2ccccc2)n4-c2ccccc2)C=C3)[C@@H]1C.[Cl][Zn+]. The van der Waals surface area contributed by atoms with Crippen LogP contribution in [0.4, 0.5) is 0 Å². The molecule has 0 saturated heterocycles. The van der Waals surface area contributed by atoms with E-state index in [0.717, 1.165) is 107 Å². The number of carbonyl (C=O) groups is 1. The molecule has 2 aliphatic rings. The van der Waals surface area contributed by atoms with E-state index in [4.69, 9.17) is 29.4 Å². The molecule has 292 valence electrons. The molecule has 5 heterocycles. The molecule has 0 fully saturated rings. The van der Waals surface area contributed by atoms with Crippen LogP contribution in [0, 0.1) is 0 Å². The van der Waals surface area contributed by atoms with Gasteiger partial charge in [-0.05, 0) is 69.8 Å². The maximum atomic E-state index is 13.1. The van der Waals surface area contributed by atoms with E-state index in [1.165, 1.54) is 6.92 Å². The van der Waals surface area contributed by atoms with Crippen LogP contribution in [0.5, 0.6) is 0 Å². The van der Waals surface area contributed by atoms with E-state index in [0.29, 0.717) is 5.69 Å². The summed E-state index contributed by atoms with van der Waals surface area (Å²) in [7, 11) is 4.76. The van der Waals surface area contributed by atoms with Crippen LogP contribution in [0.15, 0.2) is 176 Å². The van der Waals surface area contributed by atoms with Crippen LogP contribution in [0.2, 0.25) is 0 Å². The van der Waals surface area contributed by atoms with Gasteiger partial charge in [0, 0.05) is 29.7 Å².